The second kappa shape index (κ2) is 5.19. The van der Waals surface area contributed by atoms with Crippen molar-refractivity contribution in [2.75, 3.05) is 11.9 Å². The summed E-state index contributed by atoms with van der Waals surface area (Å²) in [6, 6.07) is 5.17. The number of alkyl halides is 3. The molecule has 0 unspecified atom stereocenters. The molecule has 3 nitrogen and oxygen atoms in total. The average Bonchev–Trinajstić information content (AvgIpc) is 3.16. The number of para-hydroxylation sites is 1. The highest BCUT2D eigenvalue weighted by molar-refractivity contribution is 7.92. The third-order valence-electron chi connectivity index (χ3n) is 4.23. The first-order valence-corrected chi connectivity index (χ1v) is 8.23. The van der Waals surface area contributed by atoms with Gasteiger partial charge in [0, 0.05) is 6.54 Å². The number of nitrogens with one attached hydrogen (secondary N) is 1. The van der Waals surface area contributed by atoms with Gasteiger partial charge in [-0.2, -0.15) is 13.2 Å². The number of hydrogen-bond acceptors (Lipinski definition) is 3. The van der Waals surface area contributed by atoms with Crippen molar-refractivity contribution < 1.29 is 21.6 Å². The Labute approximate surface area is 122 Å². The van der Waals surface area contributed by atoms with Crippen LogP contribution >= 0.6 is 0 Å². The lowest BCUT2D eigenvalue weighted by atomic mass is 9.92. The maximum atomic E-state index is 12.7. The number of hydrogen-bond donors (Lipinski definition) is 1. The van der Waals surface area contributed by atoms with E-state index in [0.29, 0.717) is 12.5 Å². The molecule has 0 radical (unpaired) electrons. The lowest BCUT2D eigenvalue weighted by Crippen LogP contribution is -2.26. The summed E-state index contributed by atoms with van der Waals surface area (Å²) in [6.07, 6.45) is 2.01. The highest BCUT2D eigenvalue weighted by Crippen LogP contribution is 2.52. The molecule has 1 fully saturated rings. The van der Waals surface area contributed by atoms with E-state index in [1.54, 1.807) is 0 Å². The molecule has 1 N–H and O–H groups in total. The molecule has 1 saturated carbocycles. The van der Waals surface area contributed by atoms with Crippen LogP contribution in [0.2, 0.25) is 0 Å². The summed E-state index contributed by atoms with van der Waals surface area (Å²) in [6.45, 7) is 4.61. The van der Waals surface area contributed by atoms with E-state index < -0.39 is 20.2 Å². The lowest BCUT2D eigenvalue weighted by molar-refractivity contribution is -0.0435. The maximum absolute atomic E-state index is 12.7. The van der Waals surface area contributed by atoms with Gasteiger partial charge in [-0.1, -0.05) is 26.0 Å². The summed E-state index contributed by atoms with van der Waals surface area (Å²) < 4.78 is 61.3. The Bertz CT molecular complexity index is 619. The van der Waals surface area contributed by atoms with Crippen molar-refractivity contribution in [3.63, 3.8) is 0 Å². The maximum Gasteiger partial charge on any atom is 0.501 e. The molecule has 1 aliphatic carbocycles. The Balaban J connectivity index is 2.27. The van der Waals surface area contributed by atoms with Gasteiger partial charge in [0.05, 0.1) is 10.6 Å². The molecule has 1 aromatic rings. The molecule has 0 saturated heterocycles. The van der Waals surface area contributed by atoms with Crippen LogP contribution in [-0.4, -0.2) is 20.5 Å². The van der Waals surface area contributed by atoms with Crippen LogP contribution < -0.4 is 5.32 Å². The van der Waals surface area contributed by atoms with Crippen molar-refractivity contribution >= 4 is 15.5 Å². The topological polar surface area (TPSA) is 46.2 Å². The minimum absolute atomic E-state index is 0.0155. The van der Waals surface area contributed by atoms with E-state index in [9.17, 15) is 21.6 Å². The normalized spacial score (nSPS) is 17.8. The molecule has 0 amide bonds. The van der Waals surface area contributed by atoms with Crippen LogP contribution in [0.4, 0.5) is 18.9 Å². The van der Waals surface area contributed by atoms with Crippen LogP contribution in [0.5, 0.6) is 0 Å². The Morgan fingerprint density at radius 1 is 1.24 bits per heavy atom. The first kappa shape index (κ1) is 16.1. The molecular weight excluding hydrogens is 303 g/mol. The summed E-state index contributed by atoms with van der Waals surface area (Å²) >= 11 is 0. The molecule has 7 heteroatoms. The number of halogens is 3. The van der Waals surface area contributed by atoms with Gasteiger partial charge in [-0.3, -0.25) is 0 Å². The second-order valence-corrected chi connectivity index (χ2v) is 7.73. The molecule has 0 heterocycles. The summed E-state index contributed by atoms with van der Waals surface area (Å²) in [5.74, 6) is 0.399. The molecule has 0 aromatic heterocycles. The van der Waals surface area contributed by atoms with Gasteiger partial charge in [-0.05, 0) is 36.3 Å². The fourth-order valence-electron chi connectivity index (χ4n) is 2.36. The minimum Gasteiger partial charge on any atom is -0.383 e. The zero-order valence-corrected chi connectivity index (χ0v) is 12.7. The smallest absolute Gasteiger partial charge is 0.383 e. The largest absolute Gasteiger partial charge is 0.501 e. The minimum atomic E-state index is -5.34. The van der Waals surface area contributed by atoms with E-state index >= 15 is 0 Å². The van der Waals surface area contributed by atoms with Gasteiger partial charge in [-0.15, -0.1) is 0 Å². The van der Waals surface area contributed by atoms with Crippen molar-refractivity contribution in [2.45, 2.75) is 37.1 Å². The SMILES string of the molecule is CC(C)C1(CNc2ccccc2S(=O)(=O)C(F)(F)F)CC1. The van der Waals surface area contributed by atoms with Crippen LogP contribution in [-0.2, 0) is 9.84 Å². The lowest BCUT2D eigenvalue weighted by Gasteiger charge is -2.22. The van der Waals surface area contributed by atoms with Crippen LogP contribution in [0.25, 0.3) is 0 Å². The Morgan fingerprint density at radius 2 is 1.81 bits per heavy atom. The van der Waals surface area contributed by atoms with Crippen molar-refractivity contribution in [1.29, 1.82) is 0 Å². The molecular formula is C14H18F3NO2S. The van der Waals surface area contributed by atoms with E-state index in [-0.39, 0.29) is 11.1 Å². The van der Waals surface area contributed by atoms with Gasteiger partial charge in [0.2, 0.25) is 0 Å². The number of rotatable bonds is 5. The molecule has 1 aromatic carbocycles. The molecule has 21 heavy (non-hydrogen) atoms. The second-order valence-electron chi connectivity index (χ2n) is 5.82. The van der Waals surface area contributed by atoms with E-state index in [0.717, 1.165) is 18.9 Å². The zero-order valence-electron chi connectivity index (χ0n) is 11.9. The first-order chi connectivity index (χ1) is 9.60. The Morgan fingerprint density at radius 3 is 2.29 bits per heavy atom. The van der Waals surface area contributed by atoms with Gasteiger partial charge in [0.25, 0.3) is 9.84 Å². The van der Waals surface area contributed by atoms with Crippen LogP contribution in [0.1, 0.15) is 26.7 Å². The molecule has 0 atom stereocenters. The Hall–Kier alpha value is -1.24. The standard InChI is InChI=1S/C14H18F3NO2S/c1-10(2)13(7-8-13)9-18-11-5-3-4-6-12(11)21(19,20)14(15,16)17/h3-6,10,18H,7-9H2,1-2H3. The van der Waals surface area contributed by atoms with Gasteiger partial charge in [0.15, 0.2) is 0 Å². The third-order valence-corrected chi connectivity index (χ3v) is 5.77. The van der Waals surface area contributed by atoms with E-state index in [4.69, 9.17) is 0 Å². The number of benzene rings is 1. The molecule has 0 bridgehead atoms. The molecule has 118 valence electrons. The molecule has 1 aliphatic rings. The predicted molar refractivity (Wildman–Crippen MR) is 74.7 cm³/mol. The van der Waals surface area contributed by atoms with Crippen molar-refractivity contribution in [3.05, 3.63) is 24.3 Å². The van der Waals surface area contributed by atoms with Gasteiger partial charge in [-0.25, -0.2) is 8.42 Å². The zero-order chi connectivity index (χ0) is 15.9. The Kier molecular flexibility index (Phi) is 3.99. The molecule has 0 aliphatic heterocycles. The quantitative estimate of drug-likeness (QED) is 0.896. The fraction of sp³-hybridized carbons (Fsp3) is 0.571. The van der Waals surface area contributed by atoms with Gasteiger partial charge in [0.1, 0.15) is 0 Å². The van der Waals surface area contributed by atoms with Crippen LogP contribution in [0.3, 0.4) is 0 Å². The van der Waals surface area contributed by atoms with Gasteiger partial charge >= 0.3 is 5.51 Å². The highest BCUT2D eigenvalue weighted by Gasteiger charge is 2.48. The van der Waals surface area contributed by atoms with E-state index in [1.165, 1.54) is 18.2 Å². The fourth-order valence-corrected chi connectivity index (χ4v) is 3.30. The summed E-state index contributed by atoms with van der Waals surface area (Å²) in [4.78, 5) is -0.711. The highest BCUT2D eigenvalue weighted by atomic mass is 32.2. The number of anilines is 1. The summed E-state index contributed by atoms with van der Waals surface area (Å²) in [5, 5.41) is 2.90. The van der Waals surface area contributed by atoms with Gasteiger partial charge < -0.3 is 5.32 Å². The first-order valence-electron chi connectivity index (χ1n) is 6.74. The summed E-state index contributed by atoms with van der Waals surface area (Å²) in [7, 11) is -5.34. The summed E-state index contributed by atoms with van der Waals surface area (Å²) in [5.41, 5.74) is -5.21. The van der Waals surface area contributed by atoms with Crippen LogP contribution in [0.15, 0.2) is 29.2 Å². The van der Waals surface area contributed by atoms with Crippen molar-refractivity contribution in [3.8, 4) is 0 Å². The predicted octanol–water partition coefficient (Wildman–Crippen LogP) is 3.83. The van der Waals surface area contributed by atoms with Crippen molar-refractivity contribution in [2.24, 2.45) is 11.3 Å². The van der Waals surface area contributed by atoms with Crippen LogP contribution in [0, 0.1) is 11.3 Å². The monoisotopic (exact) mass is 321 g/mol. The molecule has 2 rings (SSSR count). The third kappa shape index (κ3) is 3.02. The average molecular weight is 321 g/mol. The molecule has 0 spiro atoms. The van der Waals surface area contributed by atoms with E-state index in [1.807, 2.05) is 0 Å². The van der Waals surface area contributed by atoms with Crippen molar-refractivity contribution in [1.82, 2.24) is 0 Å². The number of sulfone groups is 1. The van der Waals surface area contributed by atoms with E-state index in [2.05, 4.69) is 19.2 Å².